The Labute approximate surface area is 235 Å². The van der Waals surface area contributed by atoms with Crippen molar-refractivity contribution in [2.45, 2.75) is 52.4 Å². The monoisotopic (exact) mass is 562 g/mol. The van der Waals surface area contributed by atoms with E-state index in [0.717, 1.165) is 17.0 Å². The Morgan fingerprint density at radius 2 is 1.75 bits per heavy atom. The van der Waals surface area contributed by atoms with Crippen molar-refractivity contribution in [2.75, 3.05) is 10.6 Å². The summed E-state index contributed by atoms with van der Waals surface area (Å²) in [5.74, 6) is -1.33. The molecule has 0 aliphatic carbocycles. The number of ether oxygens (including phenoxy) is 1. The van der Waals surface area contributed by atoms with Crippen molar-refractivity contribution in [3.8, 4) is 0 Å². The lowest BCUT2D eigenvalue weighted by Crippen LogP contribution is -2.50. The number of amides is 2. The number of hydrogen-bond donors (Lipinski definition) is 4. The van der Waals surface area contributed by atoms with E-state index >= 15 is 0 Å². The number of nitrogens with zero attached hydrogens (tertiary/aromatic N) is 3. The van der Waals surface area contributed by atoms with E-state index in [1.54, 1.807) is 46.0 Å². The van der Waals surface area contributed by atoms with Gasteiger partial charge in [0.15, 0.2) is 6.04 Å². The maximum atomic E-state index is 13.3. The molecule has 0 saturated carbocycles. The zero-order valence-electron chi connectivity index (χ0n) is 22.7. The molecule has 12 heteroatoms. The number of aryl methyl sites for hydroxylation is 1. The van der Waals surface area contributed by atoms with Gasteiger partial charge < -0.3 is 25.8 Å². The standard InChI is InChI=1S/C28H30N6O5S/c1-15-22(26(40-34-15)32-21-14-29-19-11-6-7-12-20(19)31-21)25(37)30-18-10-8-9-17(13-18)24(36)33-23(16(2)35)27(38)39-28(3,4)5/h6-14,16,23,35H,1-5H3,(H,30,37)(H,31,32)(H,33,36)/t16-,23+/m1/s1. The first-order valence-electron chi connectivity index (χ1n) is 12.5. The molecule has 2 amide bonds. The van der Waals surface area contributed by atoms with Gasteiger partial charge in [0, 0.05) is 11.3 Å². The highest BCUT2D eigenvalue weighted by atomic mass is 32.1. The number of hydrogen-bond acceptors (Lipinski definition) is 10. The van der Waals surface area contributed by atoms with Crippen molar-refractivity contribution >= 4 is 56.9 Å². The summed E-state index contributed by atoms with van der Waals surface area (Å²) in [5.41, 5.74) is 2.05. The highest BCUT2D eigenvalue weighted by Gasteiger charge is 2.31. The zero-order chi connectivity index (χ0) is 29.0. The Hall–Kier alpha value is -4.42. The highest BCUT2D eigenvalue weighted by Crippen LogP contribution is 2.29. The van der Waals surface area contributed by atoms with Gasteiger partial charge >= 0.3 is 5.97 Å². The average molecular weight is 563 g/mol. The second-order valence-electron chi connectivity index (χ2n) is 10.1. The van der Waals surface area contributed by atoms with Crippen LogP contribution in [0.25, 0.3) is 11.0 Å². The summed E-state index contributed by atoms with van der Waals surface area (Å²) in [7, 11) is 0. The number of aliphatic hydroxyl groups is 1. The summed E-state index contributed by atoms with van der Waals surface area (Å²) in [6.07, 6.45) is 0.396. The van der Waals surface area contributed by atoms with Crippen molar-refractivity contribution in [3.05, 3.63) is 71.5 Å². The van der Waals surface area contributed by atoms with Gasteiger partial charge in [-0.1, -0.05) is 18.2 Å². The van der Waals surface area contributed by atoms with Gasteiger partial charge in [-0.2, -0.15) is 4.37 Å². The Bertz CT molecular complexity index is 1560. The van der Waals surface area contributed by atoms with Gasteiger partial charge in [0.2, 0.25) is 0 Å². The third-order valence-electron chi connectivity index (χ3n) is 5.59. The van der Waals surface area contributed by atoms with E-state index in [-0.39, 0.29) is 5.56 Å². The number of aliphatic hydroxyl groups excluding tert-OH is 1. The summed E-state index contributed by atoms with van der Waals surface area (Å²) in [6.45, 7) is 8.19. The molecule has 0 fully saturated rings. The quantitative estimate of drug-likeness (QED) is 0.231. The molecule has 4 rings (SSSR count). The van der Waals surface area contributed by atoms with E-state index in [0.29, 0.717) is 33.3 Å². The van der Waals surface area contributed by atoms with E-state index < -0.39 is 35.5 Å². The van der Waals surface area contributed by atoms with Crippen molar-refractivity contribution in [2.24, 2.45) is 0 Å². The maximum Gasteiger partial charge on any atom is 0.331 e. The predicted octanol–water partition coefficient (Wildman–Crippen LogP) is 4.21. The molecule has 2 aromatic heterocycles. The Balaban J connectivity index is 1.49. The Morgan fingerprint density at radius 1 is 1.02 bits per heavy atom. The molecule has 0 spiro atoms. The van der Waals surface area contributed by atoms with Gasteiger partial charge in [-0.3, -0.25) is 14.6 Å². The molecule has 208 valence electrons. The number of esters is 1. The molecule has 0 radical (unpaired) electrons. The van der Waals surface area contributed by atoms with E-state index in [4.69, 9.17) is 4.74 Å². The molecule has 2 aromatic carbocycles. The Morgan fingerprint density at radius 3 is 2.45 bits per heavy atom. The number of rotatable bonds is 8. The molecule has 0 bridgehead atoms. The predicted molar refractivity (Wildman–Crippen MR) is 153 cm³/mol. The topological polar surface area (TPSA) is 155 Å². The summed E-state index contributed by atoms with van der Waals surface area (Å²) in [5, 5.41) is 19.0. The lowest BCUT2D eigenvalue weighted by atomic mass is 10.1. The van der Waals surface area contributed by atoms with Gasteiger partial charge in [-0.05, 0) is 76.5 Å². The second kappa shape index (κ2) is 11.8. The van der Waals surface area contributed by atoms with E-state index in [2.05, 4.69) is 30.3 Å². The van der Waals surface area contributed by atoms with Gasteiger partial charge in [0.05, 0.1) is 34.6 Å². The summed E-state index contributed by atoms with van der Waals surface area (Å²) < 4.78 is 9.62. The van der Waals surface area contributed by atoms with Crippen LogP contribution in [0.4, 0.5) is 16.5 Å². The number of aromatic nitrogens is 3. The smallest absolute Gasteiger partial charge is 0.331 e. The molecule has 40 heavy (non-hydrogen) atoms. The molecule has 0 aliphatic rings. The molecular formula is C28H30N6O5S. The highest BCUT2D eigenvalue weighted by molar-refractivity contribution is 7.10. The van der Waals surface area contributed by atoms with Crippen molar-refractivity contribution < 1.29 is 24.2 Å². The van der Waals surface area contributed by atoms with Crippen LogP contribution in [0.2, 0.25) is 0 Å². The molecule has 4 aromatic rings. The number of nitrogens with one attached hydrogen (secondary N) is 3. The Kier molecular flexibility index (Phi) is 8.40. The van der Waals surface area contributed by atoms with Crippen molar-refractivity contribution in [1.29, 1.82) is 0 Å². The van der Waals surface area contributed by atoms with Crippen LogP contribution >= 0.6 is 11.5 Å². The molecule has 2 atom stereocenters. The third-order valence-corrected chi connectivity index (χ3v) is 6.45. The first-order chi connectivity index (χ1) is 18.9. The molecule has 11 nitrogen and oxygen atoms in total. The van der Waals surface area contributed by atoms with E-state index in [1.807, 2.05) is 24.3 Å². The fourth-order valence-electron chi connectivity index (χ4n) is 3.75. The maximum absolute atomic E-state index is 13.3. The minimum absolute atomic E-state index is 0.178. The minimum Gasteiger partial charge on any atom is -0.458 e. The van der Waals surface area contributed by atoms with Crippen LogP contribution in [0.1, 0.15) is 54.1 Å². The van der Waals surface area contributed by atoms with Crippen LogP contribution in [0.15, 0.2) is 54.7 Å². The normalized spacial score (nSPS) is 12.8. The van der Waals surface area contributed by atoms with Crippen LogP contribution in [-0.2, 0) is 9.53 Å². The van der Waals surface area contributed by atoms with Gasteiger partial charge in [0.1, 0.15) is 16.4 Å². The van der Waals surface area contributed by atoms with Crippen molar-refractivity contribution in [1.82, 2.24) is 19.7 Å². The fourth-order valence-corrected chi connectivity index (χ4v) is 4.56. The number of carbonyl (C=O) groups is 3. The largest absolute Gasteiger partial charge is 0.458 e. The van der Waals surface area contributed by atoms with Crippen LogP contribution in [0, 0.1) is 6.92 Å². The minimum atomic E-state index is -1.27. The summed E-state index contributed by atoms with van der Waals surface area (Å²) in [4.78, 5) is 47.6. The number of carbonyl (C=O) groups excluding carboxylic acids is 3. The summed E-state index contributed by atoms with van der Waals surface area (Å²) >= 11 is 1.12. The van der Waals surface area contributed by atoms with Gasteiger partial charge in [-0.15, -0.1) is 0 Å². The first kappa shape index (κ1) is 28.6. The van der Waals surface area contributed by atoms with Gasteiger partial charge in [0.25, 0.3) is 11.8 Å². The first-order valence-corrected chi connectivity index (χ1v) is 13.3. The number of fused-ring (bicyclic) bond motifs is 1. The van der Waals surface area contributed by atoms with Crippen molar-refractivity contribution in [3.63, 3.8) is 0 Å². The summed E-state index contributed by atoms with van der Waals surface area (Å²) in [6, 6.07) is 12.4. The third kappa shape index (κ3) is 6.96. The van der Waals surface area contributed by atoms with E-state index in [1.165, 1.54) is 19.1 Å². The van der Waals surface area contributed by atoms with Crippen LogP contribution in [0.5, 0.6) is 0 Å². The second-order valence-corrected chi connectivity index (χ2v) is 10.9. The van der Waals surface area contributed by atoms with Crippen LogP contribution < -0.4 is 16.0 Å². The van der Waals surface area contributed by atoms with Crippen LogP contribution in [-0.4, -0.2) is 55.0 Å². The number of benzene rings is 2. The lowest BCUT2D eigenvalue weighted by Gasteiger charge is -2.26. The van der Waals surface area contributed by atoms with E-state index in [9.17, 15) is 19.5 Å². The molecular weight excluding hydrogens is 532 g/mol. The number of anilines is 3. The zero-order valence-corrected chi connectivity index (χ0v) is 23.5. The van der Waals surface area contributed by atoms with Crippen LogP contribution in [0.3, 0.4) is 0 Å². The van der Waals surface area contributed by atoms with Gasteiger partial charge in [-0.25, -0.2) is 9.78 Å². The molecule has 0 saturated heterocycles. The average Bonchev–Trinajstić information content (AvgIpc) is 3.25. The number of para-hydroxylation sites is 2. The molecule has 2 heterocycles. The molecule has 0 aliphatic heterocycles. The molecule has 0 unspecified atom stereocenters. The molecule has 4 N–H and O–H groups in total. The fraction of sp³-hybridized carbons (Fsp3) is 0.286. The lowest BCUT2D eigenvalue weighted by molar-refractivity contribution is -0.159. The SMILES string of the molecule is Cc1nsc(Nc2cnc3ccccc3n2)c1C(=O)Nc1cccc(C(=O)N[C@H](C(=O)OC(C)(C)C)[C@@H](C)O)c1.